The number of nitrogens with one attached hydrogen (secondary N) is 1. The molecule has 2 aliphatic rings. The Kier molecular flexibility index (Phi) is 7.76. The van der Waals surface area contributed by atoms with Crippen LogP contribution >= 0.6 is 23.5 Å². The van der Waals surface area contributed by atoms with Crippen molar-refractivity contribution in [2.45, 2.75) is 16.6 Å². The molecule has 5 N–H and O–H groups in total. The van der Waals surface area contributed by atoms with Gasteiger partial charge in [0.1, 0.15) is 0 Å². The summed E-state index contributed by atoms with van der Waals surface area (Å²) in [5.41, 5.74) is 5.31. The fourth-order valence-electron chi connectivity index (χ4n) is 3.33. The van der Waals surface area contributed by atoms with E-state index in [2.05, 4.69) is 25.5 Å². The summed E-state index contributed by atoms with van der Waals surface area (Å²) >= 11 is 2.09. The average molecular weight is 617 g/mol. The van der Waals surface area contributed by atoms with E-state index in [9.17, 15) is 29.4 Å². The Morgan fingerprint density at radius 1 is 1.41 bits per heavy atom. The van der Waals surface area contributed by atoms with Crippen molar-refractivity contribution in [3.8, 4) is 5.88 Å². The molecule has 16 nitrogen and oxygen atoms in total. The number of anilines is 1. The molecule has 0 aliphatic carbocycles. The first-order chi connectivity index (χ1) is 17.6. The van der Waals surface area contributed by atoms with Crippen molar-refractivity contribution in [2.24, 2.45) is 12.2 Å². The Bertz CT molecular complexity index is 1390. The van der Waals surface area contributed by atoms with Crippen LogP contribution in [0.3, 0.4) is 0 Å². The molecule has 0 radical (unpaired) electrons. The summed E-state index contributed by atoms with van der Waals surface area (Å²) in [7, 11) is 2.73. The van der Waals surface area contributed by atoms with Crippen LogP contribution in [0.25, 0.3) is 0 Å². The Labute approximate surface area is 221 Å². The maximum atomic E-state index is 13.0. The zero-order valence-corrected chi connectivity index (χ0v) is 22.3. The summed E-state index contributed by atoms with van der Waals surface area (Å²) in [4.78, 5) is 64.2. The Balaban J connectivity index is 1.52. The molecular formula is C18H18N8O8S2Se. The summed E-state index contributed by atoms with van der Waals surface area (Å²) in [5.74, 6) is -1.88. The molecule has 196 valence electrons. The molecule has 0 bridgehead atoms. The first-order valence-electron chi connectivity index (χ1n) is 10.1. The number of carboxylic acid groups (broad SMARTS) is 1. The van der Waals surface area contributed by atoms with E-state index in [4.69, 9.17) is 15.3 Å². The number of nitrogens with zero attached hydrogens (tertiary/aromatic N) is 6. The third kappa shape index (κ3) is 5.43. The van der Waals surface area contributed by atoms with Gasteiger partial charge >= 0.3 is 179 Å². The first-order valence-corrected chi connectivity index (χ1v) is 14.0. The molecule has 2 atom stereocenters. The molecule has 4 rings (SSSR count). The van der Waals surface area contributed by atoms with Gasteiger partial charge in [-0.3, -0.25) is 4.79 Å². The molecule has 0 spiro atoms. The van der Waals surface area contributed by atoms with Crippen molar-refractivity contribution in [3.05, 3.63) is 32.4 Å². The van der Waals surface area contributed by atoms with Crippen LogP contribution in [0.5, 0.6) is 5.88 Å². The number of nitrogen functional groups attached to an aromatic ring is 1. The number of amides is 2. The molecule has 4 heterocycles. The summed E-state index contributed by atoms with van der Waals surface area (Å²) in [5, 5.41) is 28.1. The molecular weight excluding hydrogens is 599 g/mol. The van der Waals surface area contributed by atoms with Crippen molar-refractivity contribution >= 4 is 66.4 Å². The van der Waals surface area contributed by atoms with Crippen LogP contribution in [-0.2, 0) is 26.2 Å². The number of carbonyl (C=O) groups is 3. The number of rotatable bonds is 8. The number of hydrogen-bond acceptors (Lipinski definition) is 14. The minimum atomic E-state index is -1.62. The summed E-state index contributed by atoms with van der Waals surface area (Å²) in [6.45, 7) is 0. The quantitative estimate of drug-likeness (QED) is 0.0652. The van der Waals surface area contributed by atoms with Crippen LogP contribution in [0.2, 0.25) is 0 Å². The second-order valence-electron chi connectivity index (χ2n) is 7.27. The summed E-state index contributed by atoms with van der Waals surface area (Å²) in [6.07, 6.45) is -1.62. The molecule has 0 unspecified atom stereocenters. The minimum absolute atomic E-state index is 0.107. The zero-order valence-electron chi connectivity index (χ0n) is 19.0. The van der Waals surface area contributed by atoms with E-state index in [-0.39, 0.29) is 48.5 Å². The van der Waals surface area contributed by atoms with Crippen molar-refractivity contribution in [1.82, 2.24) is 30.0 Å². The van der Waals surface area contributed by atoms with E-state index >= 15 is 0 Å². The van der Waals surface area contributed by atoms with Gasteiger partial charge in [0.05, 0.1) is 0 Å². The van der Waals surface area contributed by atoms with Crippen LogP contribution in [0.1, 0.15) is 5.69 Å². The third-order valence-corrected chi connectivity index (χ3v) is 8.77. The summed E-state index contributed by atoms with van der Waals surface area (Å²) in [6, 6.07) is -0.987. The number of β-lactam (4-membered cyclic amide) rings is 1. The van der Waals surface area contributed by atoms with E-state index in [0.29, 0.717) is 10.3 Å². The molecule has 19 heteroatoms. The molecule has 37 heavy (non-hydrogen) atoms. The Morgan fingerprint density at radius 3 is 2.81 bits per heavy atom. The van der Waals surface area contributed by atoms with Gasteiger partial charge in [0.25, 0.3) is 5.88 Å². The molecule has 0 aromatic carbocycles. The van der Waals surface area contributed by atoms with Crippen molar-refractivity contribution in [2.75, 3.05) is 24.3 Å². The van der Waals surface area contributed by atoms with Crippen LogP contribution in [-0.4, -0.2) is 103 Å². The van der Waals surface area contributed by atoms with Gasteiger partial charge in [0.2, 0.25) is 0 Å². The van der Waals surface area contributed by atoms with Crippen LogP contribution < -0.4 is 16.6 Å². The number of fused-ring (bicyclic) bond motifs is 1. The topological polar surface area (TPSA) is 224 Å². The zero-order chi connectivity index (χ0) is 26.9. The average Bonchev–Trinajstić information content (AvgIpc) is 3.27. The van der Waals surface area contributed by atoms with Crippen LogP contribution in [0, 0.1) is 0 Å². The number of nitrogens with two attached hydrogens (primary N) is 1. The van der Waals surface area contributed by atoms with Gasteiger partial charge in [-0.2, -0.15) is 4.98 Å². The second-order valence-corrected chi connectivity index (χ2v) is 11.2. The molecule has 2 aromatic rings. The van der Waals surface area contributed by atoms with Gasteiger partial charge in [-0.25, -0.2) is 4.68 Å². The number of aryl methyl sites for hydroxylation is 1. The van der Waals surface area contributed by atoms with Gasteiger partial charge in [-0.05, 0) is 0 Å². The molecule has 2 amide bonds. The third-order valence-electron chi connectivity index (χ3n) is 4.91. The van der Waals surface area contributed by atoms with Crippen LogP contribution in [0.4, 0.5) is 9.49 Å². The van der Waals surface area contributed by atoms with Crippen molar-refractivity contribution in [3.63, 3.8) is 0 Å². The number of carbonyl (C=O) groups excluding carboxylic acids is 2. The maximum absolute atomic E-state index is 13.0. The van der Waals surface area contributed by atoms with Gasteiger partial charge < -0.3 is 5.11 Å². The number of aromatic nitrogens is 4. The fraction of sp³-hybridized carbons (Fsp3) is 0.333. The van der Waals surface area contributed by atoms with E-state index in [1.165, 1.54) is 30.6 Å². The normalized spacial score (nSPS) is 19.2. The fourth-order valence-corrected chi connectivity index (χ4v) is 6.83. The molecule has 1 saturated heterocycles. The van der Waals surface area contributed by atoms with Crippen molar-refractivity contribution in [1.29, 1.82) is 0 Å². The number of thioether (sulfide) groups is 2. The van der Waals surface area contributed by atoms with E-state index in [0.717, 1.165) is 16.7 Å². The van der Waals surface area contributed by atoms with E-state index < -0.39 is 40.8 Å². The number of oxime groups is 1. The number of aromatic hydroxyl groups is 1. The second kappa shape index (κ2) is 10.8. The van der Waals surface area contributed by atoms with Gasteiger partial charge in [0.15, 0.2) is 5.16 Å². The van der Waals surface area contributed by atoms with Gasteiger partial charge in [-0.1, -0.05) is 0 Å². The molecule has 2 aliphatic heterocycles. The molecule has 1 fully saturated rings. The molecule has 0 saturated carbocycles. The first kappa shape index (κ1) is 26.5. The van der Waals surface area contributed by atoms with Crippen molar-refractivity contribution < 1.29 is 34.2 Å². The number of hydrogen-bond donors (Lipinski definition) is 4. The van der Waals surface area contributed by atoms with E-state index in [1.54, 1.807) is 4.94 Å². The predicted octanol–water partition coefficient (Wildman–Crippen LogP) is -1.64. The predicted molar refractivity (Wildman–Crippen MR) is 130 cm³/mol. The monoisotopic (exact) mass is 618 g/mol. The van der Waals surface area contributed by atoms with E-state index in [1.807, 2.05) is 0 Å². The standard InChI is InChI=1S/C18H18N8O8S2Se/c1-25-17(22-11(28)12(29)23-25)36-4-6-3-35-15-9(13(30)26(15)14(6)34-18(31)32)21-10(27)8(24-33-2)7-5-37-16(19)20-7/h5,9,15H,3-4H2,1-2H3,(H2,19,20)(H,21,27)(H,23,29)(H,31,32)/b24-8-/t9-,15-/m1/s1. The van der Waals surface area contributed by atoms with Crippen LogP contribution in [0.15, 0.2) is 31.5 Å². The summed E-state index contributed by atoms with van der Waals surface area (Å²) < 4.78 is 6.49. The SMILES string of the molecule is CO/N=C(\C(=O)N[C@@H]1C(=O)N2C(OC(=O)O)=C(CSc3nc(=O)c(O)nn3C)CS[C@H]12)c1c[se]c(N)n1. The van der Waals surface area contributed by atoms with Gasteiger partial charge in [-0.15, -0.1) is 5.10 Å². The Morgan fingerprint density at radius 2 is 2.16 bits per heavy atom. The van der Waals surface area contributed by atoms with Gasteiger partial charge in [0, 0.05) is 7.05 Å². The molecule has 2 aromatic heterocycles. The Hall–Kier alpha value is -3.54. The number of ether oxygens (including phenoxy) is 1.